The molecule has 5 rings (SSSR count). The van der Waals surface area contributed by atoms with Crippen molar-refractivity contribution in [2.75, 3.05) is 11.9 Å². The summed E-state index contributed by atoms with van der Waals surface area (Å²) in [6.07, 6.45) is 5.22. The van der Waals surface area contributed by atoms with Crippen LogP contribution in [0.1, 0.15) is 16.2 Å². The Morgan fingerprint density at radius 2 is 1.94 bits per heavy atom. The predicted octanol–water partition coefficient (Wildman–Crippen LogP) is 3.45. The lowest BCUT2D eigenvalue weighted by molar-refractivity contribution is -0.0498. The summed E-state index contributed by atoms with van der Waals surface area (Å²) in [5.74, 6) is 0.909. The molecule has 8 nitrogen and oxygen atoms in total. The Bertz CT molecular complexity index is 1290. The van der Waals surface area contributed by atoms with Crippen LogP contribution in [0.5, 0.6) is 5.75 Å². The molecule has 1 aliphatic heterocycles. The zero-order valence-electron chi connectivity index (χ0n) is 16.8. The first-order chi connectivity index (χ1) is 15.6. The van der Waals surface area contributed by atoms with E-state index in [1.54, 1.807) is 18.5 Å². The Labute approximate surface area is 181 Å². The van der Waals surface area contributed by atoms with Crippen molar-refractivity contribution >= 4 is 22.6 Å². The van der Waals surface area contributed by atoms with Gasteiger partial charge in [0.25, 0.3) is 5.91 Å². The van der Waals surface area contributed by atoms with Crippen LogP contribution in [0.25, 0.3) is 22.2 Å². The summed E-state index contributed by atoms with van der Waals surface area (Å²) in [4.78, 5) is 25.7. The van der Waals surface area contributed by atoms with Crippen molar-refractivity contribution in [3.8, 4) is 17.0 Å². The minimum Gasteiger partial charge on any atom is -0.435 e. The van der Waals surface area contributed by atoms with Gasteiger partial charge in [0, 0.05) is 35.8 Å². The topological polar surface area (TPSA) is 94.0 Å². The first-order valence-electron chi connectivity index (χ1n) is 9.94. The van der Waals surface area contributed by atoms with Gasteiger partial charge >= 0.3 is 6.61 Å². The van der Waals surface area contributed by atoms with Crippen LogP contribution in [0, 0.1) is 0 Å². The molecule has 1 aliphatic rings. The molecule has 1 amide bonds. The number of amides is 1. The molecule has 0 spiro atoms. The van der Waals surface area contributed by atoms with Crippen LogP contribution in [0.2, 0.25) is 0 Å². The zero-order chi connectivity index (χ0) is 22.1. The largest absolute Gasteiger partial charge is 0.435 e. The number of hydrogen-bond donors (Lipinski definition) is 2. The van der Waals surface area contributed by atoms with E-state index in [1.807, 2.05) is 12.3 Å². The Balaban J connectivity index is 1.38. The Hall–Kier alpha value is -3.92. The number of alkyl halides is 2. The van der Waals surface area contributed by atoms with E-state index in [2.05, 4.69) is 34.9 Å². The second-order valence-electron chi connectivity index (χ2n) is 7.23. The molecule has 0 radical (unpaired) electrons. The molecule has 0 atom stereocenters. The highest BCUT2D eigenvalue weighted by molar-refractivity contribution is 6.04. The third-order valence-electron chi connectivity index (χ3n) is 5.18. The predicted molar refractivity (Wildman–Crippen MR) is 113 cm³/mol. The summed E-state index contributed by atoms with van der Waals surface area (Å²) >= 11 is 0. The summed E-state index contributed by atoms with van der Waals surface area (Å²) in [6, 6.07) is 9.17. The molecule has 2 N–H and O–H groups in total. The van der Waals surface area contributed by atoms with Gasteiger partial charge in [-0.05, 0) is 36.4 Å². The third-order valence-corrected chi connectivity index (χ3v) is 5.18. The van der Waals surface area contributed by atoms with Gasteiger partial charge < -0.3 is 19.9 Å². The molecule has 0 saturated heterocycles. The van der Waals surface area contributed by atoms with Crippen molar-refractivity contribution in [2.24, 2.45) is 0 Å². The Morgan fingerprint density at radius 1 is 1.09 bits per heavy atom. The van der Waals surface area contributed by atoms with E-state index in [9.17, 15) is 13.6 Å². The number of carbonyl (C=O) groups excluding carboxylic acids is 1. The lowest BCUT2D eigenvalue weighted by Crippen LogP contribution is -2.28. The molecular weight excluding hydrogens is 418 g/mol. The highest BCUT2D eigenvalue weighted by Gasteiger charge is 2.16. The molecule has 4 heterocycles. The van der Waals surface area contributed by atoms with Crippen LogP contribution in [-0.4, -0.2) is 38.6 Å². The lowest BCUT2D eigenvalue weighted by atomic mass is 10.1. The van der Waals surface area contributed by atoms with Crippen molar-refractivity contribution in [3.05, 3.63) is 66.4 Å². The summed E-state index contributed by atoms with van der Waals surface area (Å²) in [5, 5.41) is 6.84. The second-order valence-corrected chi connectivity index (χ2v) is 7.23. The van der Waals surface area contributed by atoms with Gasteiger partial charge in [0.1, 0.15) is 17.4 Å². The van der Waals surface area contributed by atoms with Gasteiger partial charge in [-0.1, -0.05) is 0 Å². The van der Waals surface area contributed by atoms with Gasteiger partial charge in [0.15, 0.2) is 0 Å². The maximum absolute atomic E-state index is 12.5. The summed E-state index contributed by atoms with van der Waals surface area (Å²) in [6.45, 7) is -0.468. The van der Waals surface area contributed by atoms with Crippen molar-refractivity contribution < 1.29 is 18.3 Å². The van der Waals surface area contributed by atoms with Gasteiger partial charge in [-0.25, -0.2) is 9.97 Å². The first-order valence-corrected chi connectivity index (χ1v) is 9.94. The fraction of sp³-hybridized carbons (Fsp3) is 0.182. The van der Waals surface area contributed by atoms with Crippen molar-refractivity contribution in [1.82, 2.24) is 24.8 Å². The van der Waals surface area contributed by atoms with Crippen LogP contribution in [0.3, 0.4) is 0 Å². The normalized spacial score (nSPS) is 13.2. The van der Waals surface area contributed by atoms with E-state index >= 15 is 0 Å². The smallest absolute Gasteiger partial charge is 0.387 e. The van der Waals surface area contributed by atoms with Crippen LogP contribution in [-0.2, 0) is 13.1 Å². The van der Waals surface area contributed by atoms with Crippen molar-refractivity contribution in [2.45, 2.75) is 19.7 Å². The fourth-order valence-electron chi connectivity index (χ4n) is 3.64. The number of rotatable bonds is 5. The SMILES string of the molecule is O=C(Nc1cc2cc(-c3cnc4n3CCNC4)cnc2cn1)c1ccc(OC(F)F)cc1. The van der Waals surface area contributed by atoms with Gasteiger partial charge in [-0.3, -0.25) is 9.78 Å². The quantitative estimate of drug-likeness (QED) is 0.498. The van der Waals surface area contributed by atoms with Crippen LogP contribution in [0.4, 0.5) is 14.6 Å². The van der Waals surface area contributed by atoms with Gasteiger partial charge in [0.05, 0.1) is 30.1 Å². The van der Waals surface area contributed by atoms with E-state index in [0.29, 0.717) is 16.9 Å². The molecule has 4 aromatic rings. The molecule has 0 aliphatic carbocycles. The van der Waals surface area contributed by atoms with Crippen molar-refractivity contribution in [1.29, 1.82) is 0 Å². The lowest BCUT2D eigenvalue weighted by Gasteiger charge is -2.17. The molecule has 32 heavy (non-hydrogen) atoms. The second kappa shape index (κ2) is 8.31. The Morgan fingerprint density at radius 3 is 2.75 bits per heavy atom. The minimum absolute atomic E-state index is 0.0168. The molecular formula is C22H18F2N6O2. The average molecular weight is 436 g/mol. The van der Waals surface area contributed by atoms with Crippen LogP contribution >= 0.6 is 0 Å². The van der Waals surface area contributed by atoms with E-state index < -0.39 is 12.5 Å². The average Bonchev–Trinajstić information content (AvgIpc) is 3.23. The summed E-state index contributed by atoms with van der Waals surface area (Å²) in [7, 11) is 0. The molecule has 0 bridgehead atoms. The van der Waals surface area contributed by atoms with Crippen LogP contribution < -0.4 is 15.4 Å². The summed E-state index contributed by atoms with van der Waals surface area (Å²) in [5.41, 5.74) is 2.90. The maximum atomic E-state index is 12.5. The standard InChI is InChI=1S/C22H18F2N6O2/c23-22(24)32-16-3-1-13(2-4-16)21(31)29-19-8-14-7-15(9-26-17(14)10-27-19)18-11-28-20-12-25-5-6-30(18)20/h1-4,7-11,22,25H,5-6,12H2,(H,27,29,31). The number of imidazole rings is 1. The number of anilines is 1. The highest BCUT2D eigenvalue weighted by Crippen LogP contribution is 2.26. The molecule has 3 aromatic heterocycles. The maximum Gasteiger partial charge on any atom is 0.387 e. The number of benzene rings is 1. The van der Waals surface area contributed by atoms with E-state index in [4.69, 9.17) is 0 Å². The molecule has 0 unspecified atom stereocenters. The zero-order valence-corrected chi connectivity index (χ0v) is 16.8. The minimum atomic E-state index is -2.92. The number of nitrogens with one attached hydrogen (secondary N) is 2. The molecule has 1 aromatic carbocycles. The number of ether oxygens (including phenoxy) is 1. The van der Waals surface area contributed by atoms with Gasteiger partial charge in [-0.2, -0.15) is 8.78 Å². The van der Waals surface area contributed by atoms with E-state index in [1.165, 1.54) is 24.3 Å². The van der Waals surface area contributed by atoms with E-state index in [0.717, 1.165) is 42.1 Å². The third kappa shape index (κ3) is 4.00. The number of nitrogens with zero attached hydrogens (tertiary/aromatic N) is 4. The van der Waals surface area contributed by atoms with Gasteiger partial charge in [0.2, 0.25) is 0 Å². The molecule has 162 valence electrons. The number of hydrogen-bond acceptors (Lipinski definition) is 6. The number of halogens is 2. The summed E-state index contributed by atoms with van der Waals surface area (Å²) < 4.78 is 31.0. The monoisotopic (exact) mass is 436 g/mol. The van der Waals surface area contributed by atoms with Gasteiger partial charge in [-0.15, -0.1) is 0 Å². The van der Waals surface area contributed by atoms with Crippen molar-refractivity contribution in [3.63, 3.8) is 0 Å². The first kappa shape index (κ1) is 20.0. The van der Waals surface area contributed by atoms with Crippen LogP contribution in [0.15, 0.2) is 55.0 Å². The number of fused-ring (bicyclic) bond motifs is 2. The molecule has 10 heteroatoms. The highest BCUT2D eigenvalue weighted by atomic mass is 19.3. The molecule has 0 saturated carbocycles. The number of pyridine rings is 2. The van der Waals surface area contributed by atoms with E-state index in [-0.39, 0.29) is 5.75 Å². The molecule has 0 fully saturated rings. The number of aromatic nitrogens is 4. The number of carbonyl (C=O) groups is 1. The fourth-order valence-corrected chi connectivity index (χ4v) is 3.64. The Kier molecular flexibility index (Phi) is 5.20.